The van der Waals surface area contributed by atoms with E-state index in [-0.39, 0.29) is 23.4 Å². The largest absolute Gasteiger partial charge is 0.416 e. The number of amides is 2. The van der Waals surface area contributed by atoms with Gasteiger partial charge in [0.25, 0.3) is 0 Å². The number of rotatable bonds is 5. The maximum absolute atomic E-state index is 12.9. The van der Waals surface area contributed by atoms with Gasteiger partial charge in [0.15, 0.2) is 0 Å². The molecule has 1 heterocycles. The maximum atomic E-state index is 12.9. The number of nitrogens with zero attached hydrogens (tertiary/aromatic N) is 1. The number of nitrogens with one attached hydrogen (secondary N) is 2. The zero-order chi connectivity index (χ0) is 21.3. The molecule has 5 nitrogen and oxygen atoms in total. The molecule has 4 atom stereocenters. The average Bonchev–Trinajstić information content (AvgIpc) is 3.34. The molecular weight excluding hydrogens is 395 g/mol. The van der Waals surface area contributed by atoms with Gasteiger partial charge in [-0.3, -0.25) is 14.6 Å². The van der Waals surface area contributed by atoms with E-state index in [1.165, 1.54) is 12.1 Å². The summed E-state index contributed by atoms with van der Waals surface area (Å²) >= 11 is 0. The van der Waals surface area contributed by atoms with Crippen LogP contribution in [0.25, 0.3) is 0 Å². The van der Waals surface area contributed by atoms with E-state index in [1.807, 2.05) is 18.2 Å². The van der Waals surface area contributed by atoms with Crippen LogP contribution in [0, 0.1) is 23.7 Å². The second-order valence-electron chi connectivity index (χ2n) is 7.65. The molecule has 0 radical (unpaired) electrons. The summed E-state index contributed by atoms with van der Waals surface area (Å²) in [5.74, 6) is -2.00. The summed E-state index contributed by atoms with van der Waals surface area (Å²) in [4.78, 5) is 29.8. The van der Waals surface area contributed by atoms with Crippen molar-refractivity contribution >= 4 is 17.5 Å². The normalized spacial score (nSPS) is 24.6. The van der Waals surface area contributed by atoms with Crippen molar-refractivity contribution in [2.45, 2.75) is 19.1 Å². The average molecular weight is 415 g/mol. The minimum atomic E-state index is -4.50. The molecule has 1 aromatic carbocycles. The third-order valence-corrected chi connectivity index (χ3v) is 5.71. The maximum Gasteiger partial charge on any atom is 0.416 e. The Kier molecular flexibility index (Phi) is 5.32. The fourth-order valence-corrected chi connectivity index (χ4v) is 4.35. The van der Waals surface area contributed by atoms with Gasteiger partial charge in [-0.1, -0.05) is 24.3 Å². The van der Waals surface area contributed by atoms with Gasteiger partial charge in [0, 0.05) is 24.6 Å². The minimum Gasteiger partial charge on any atom is -0.352 e. The molecule has 30 heavy (non-hydrogen) atoms. The van der Waals surface area contributed by atoms with Crippen LogP contribution < -0.4 is 10.6 Å². The second kappa shape index (κ2) is 7.93. The molecule has 2 aliphatic carbocycles. The summed E-state index contributed by atoms with van der Waals surface area (Å²) in [6.45, 7) is 0.298. The van der Waals surface area contributed by atoms with Crippen molar-refractivity contribution in [2.24, 2.45) is 23.7 Å². The molecular formula is C22H20F3N3O2. The Morgan fingerprint density at radius 3 is 2.43 bits per heavy atom. The van der Waals surface area contributed by atoms with E-state index < -0.39 is 29.5 Å². The summed E-state index contributed by atoms with van der Waals surface area (Å²) in [7, 11) is 0. The first-order valence-electron chi connectivity index (χ1n) is 9.66. The van der Waals surface area contributed by atoms with E-state index in [0.29, 0.717) is 13.0 Å². The van der Waals surface area contributed by atoms with Crippen LogP contribution in [0.1, 0.15) is 17.5 Å². The SMILES string of the molecule is O=C(Nc1cccc(C(F)(F)F)c1)[C@@H]1[C@H](C(=O)NCc2cccnc2)[C@H]2C=C[C@H]1C2. The van der Waals surface area contributed by atoms with Gasteiger partial charge in [0.2, 0.25) is 11.8 Å². The molecule has 2 N–H and O–H groups in total. The van der Waals surface area contributed by atoms with Crippen molar-refractivity contribution in [1.29, 1.82) is 0 Å². The highest BCUT2D eigenvalue weighted by Gasteiger charge is 2.51. The van der Waals surface area contributed by atoms with Crippen molar-refractivity contribution in [2.75, 3.05) is 5.32 Å². The monoisotopic (exact) mass is 415 g/mol. The topological polar surface area (TPSA) is 71.1 Å². The standard InChI is InChI=1S/C22H20F3N3O2/c23-22(24,25)16-4-1-5-17(10-16)28-21(30)19-15-7-6-14(9-15)18(19)20(29)27-12-13-3-2-8-26-11-13/h1-8,10-11,14-15,18-19H,9,12H2,(H,27,29)(H,28,30)/t14-,15-,18+,19-/m0/s1. The summed E-state index contributed by atoms with van der Waals surface area (Å²) in [5.41, 5.74) is 0.0736. The van der Waals surface area contributed by atoms with Crippen LogP contribution >= 0.6 is 0 Å². The van der Waals surface area contributed by atoms with Crippen LogP contribution in [0.15, 0.2) is 60.9 Å². The molecule has 2 amide bonds. The third kappa shape index (κ3) is 4.08. The van der Waals surface area contributed by atoms with Crippen LogP contribution in [0.3, 0.4) is 0 Å². The molecule has 2 bridgehead atoms. The molecule has 0 saturated heterocycles. The Bertz CT molecular complexity index is 975. The molecule has 4 rings (SSSR count). The summed E-state index contributed by atoms with van der Waals surface area (Å²) in [6.07, 6.45) is 3.36. The highest BCUT2D eigenvalue weighted by molar-refractivity contribution is 5.97. The van der Waals surface area contributed by atoms with Crippen LogP contribution in [-0.4, -0.2) is 16.8 Å². The quantitative estimate of drug-likeness (QED) is 0.730. The van der Waals surface area contributed by atoms with Crippen LogP contribution in [0.4, 0.5) is 18.9 Å². The Labute approximate surface area is 171 Å². The number of alkyl halides is 3. The van der Waals surface area contributed by atoms with E-state index in [1.54, 1.807) is 18.5 Å². The predicted octanol–water partition coefficient (Wildman–Crippen LogP) is 3.79. The number of allylic oxidation sites excluding steroid dienone is 2. The van der Waals surface area contributed by atoms with Gasteiger partial charge in [-0.25, -0.2) is 0 Å². The van der Waals surface area contributed by atoms with Crippen molar-refractivity contribution in [3.8, 4) is 0 Å². The predicted molar refractivity (Wildman–Crippen MR) is 104 cm³/mol. The lowest BCUT2D eigenvalue weighted by Crippen LogP contribution is -2.41. The Morgan fingerprint density at radius 1 is 1.03 bits per heavy atom. The lowest BCUT2D eigenvalue weighted by atomic mass is 9.81. The first kappa shape index (κ1) is 20.1. The van der Waals surface area contributed by atoms with E-state index in [2.05, 4.69) is 15.6 Å². The number of halogens is 3. The van der Waals surface area contributed by atoms with Gasteiger partial charge in [-0.2, -0.15) is 13.2 Å². The van der Waals surface area contributed by atoms with E-state index in [4.69, 9.17) is 0 Å². The van der Waals surface area contributed by atoms with Crippen LogP contribution in [0.5, 0.6) is 0 Å². The zero-order valence-corrected chi connectivity index (χ0v) is 15.9. The molecule has 0 spiro atoms. The lowest BCUT2D eigenvalue weighted by molar-refractivity contribution is -0.137. The number of benzene rings is 1. The van der Waals surface area contributed by atoms with E-state index in [9.17, 15) is 22.8 Å². The van der Waals surface area contributed by atoms with Crippen LogP contribution in [0.2, 0.25) is 0 Å². The number of hydrogen-bond acceptors (Lipinski definition) is 3. The molecule has 2 aromatic rings. The zero-order valence-electron chi connectivity index (χ0n) is 15.9. The highest BCUT2D eigenvalue weighted by atomic mass is 19.4. The fraction of sp³-hybridized carbons (Fsp3) is 0.318. The molecule has 156 valence electrons. The first-order chi connectivity index (χ1) is 14.3. The van der Waals surface area contributed by atoms with Gasteiger partial charge >= 0.3 is 6.18 Å². The molecule has 1 saturated carbocycles. The number of fused-ring (bicyclic) bond motifs is 2. The number of pyridine rings is 1. The Morgan fingerprint density at radius 2 is 1.77 bits per heavy atom. The highest BCUT2D eigenvalue weighted by Crippen LogP contribution is 2.48. The molecule has 1 fully saturated rings. The van der Waals surface area contributed by atoms with Crippen molar-refractivity contribution in [1.82, 2.24) is 10.3 Å². The summed E-state index contributed by atoms with van der Waals surface area (Å²) in [5, 5.41) is 5.44. The van der Waals surface area contributed by atoms with E-state index >= 15 is 0 Å². The lowest BCUT2D eigenvalue weighted by Gasteiger charge is -2.26. The number of carbonyl (C=O) groups is 2. The molecule has 2 aliphatic rings. The smallest absolute Gasteiger partial charge is 0.352 e. The van der Waals surface area contributed by atoms with Crippen LogP contribution in [-0.2, 0) is 22.3 Å². The Balaban J connectivity index is 1.47. The molecule has 1 aromatic heterocycles. The number of hydrogen-bond donors (Lipinski definition) is 2. The van der Waals surface area contributed by atoms with Crippen molar-refractivity contribution in [3.05, 3.63) is 72.1 Å². The van der Waals surface area contributed by atoms with Gasteiger partial charge in [0.05, 0.1) is 17.4 Å². The second-order valence-corrected chi connectivity index (χ2v) is 7.65. The fourth-order valence-electron chi connectivity index (χ4n) is 4.35. The number of anilines is 1. The van der Waals surface area contributed by atoms with Gasteiger partial charge in [0.1, 0.15) is 0 Å². The van der Waals surface area contributed by atoms with Gasteiger partial charge in [-0.15, -0.1) is 0 Å². The van der Waals surface area contributed by atoms with Gasteiger partial charge < -0.3 is 10.6 Å². The Hall–Kier alpha value is -3.16. The van der Waals surface area contributed by atoms with E-state index in [0.717, 1.165) is 17.7 Å². The summed E-state index contributed by atoms with van der Waals surface area (Å²) < 4.78 is 38.8. The summed E-state index contributed by atoms with van der Waals surface area (Å²) in [6, 6.07) is 8.12. The molecule has 0 aliphatic heterocycles. The number of carbonyl (C=O) groups excluding carboxylic acids is 2. The van der Waals surface area contributed by atoms with Crippen molar-refractivity contribution in [3.63, 3.8) is 0 Å². The first-order valence-corrected chi connectivity index (χ1v) is 9.66. The minimum absolute atomic E-state index is 0.0545. The van der Waals surface area contributed by atoms with Gasteiger partial charge in [-0.05, 0) is 48.1 Å². The van der Waals surface area contributed by atoms with Crippen molar-refractivity contribution < 1.29 is 22.8 Å². The number of aromatic nitrogens is 1. The molecule has 8 heteroatoms. The third-order valence-electron chi connectivity index (χ3n) is 5.71. The molecule has 0 unspecified atom stereocenters.